The predicted octanol–water partition coefficient (Wildman–Crippen LogP) is 3.56. The summed E-state index contributed by atoms with van der Waals surface area (Å²) in [6.07, 6.45) is -0.539. The number of halogens is 4. The lowest BCUT2D eigenvalue weighted by molar-refractivity contribution is -0.136. The Morgan fingerprint density at radius 2 is 2.11 bits per heavy atom. The normalized spacial score (nSPS) is 11.1. The van der Waals surface area contributed by atoms with Gasteiger partial charge in [-0.05, 0) is 39.3 Å². The molecule has 0 aliphatic carbocycles. The summed E-state index contributed by atoms with van der Waals surface area (Å²) < 4.78 is 37.1. The van der Waals surface area contributed by atoms with Gasteiger partial charge in [-0.15, -0.1) is 0 Å². The number of aliphatic carboxylic acids is 1. The smallest absolute Gasteiger partial charge is 0.446 e. The number of benzene rings is 1. The van der Waals surface area contributed by atoms with Gasteiger partial charge in [0.05, 0.1) is 12.0 Å². The van der Waals surface area contributed by atoms with Crippen LogP contribution >= 0.6 is 27.7 Å². The first-order valence-electron chi connectivity index (χ1n) is 4.43. The van der Waals surface area contributed by atoms with Gasteiger partial charge in [-0.1, -0.05) is 6.07 Å². The first-order valence-corrected chi connectivity index (χ1v) is 6.04. The summed E-state index contributed by atoms with van der Waals surface area (Å²) in [5.41, 5.74) is -4.52. The molecule has 0 heterocycles. The molecule has 18 heavy (non-hydrogen) atoms. The molecular formula is C10H5BrF3NO2S. The van der Waals surface area contributed by atoms with E-state index in [1.54, 1.807) is 6.07 Å². The van der Waals surface area contributed by atoms with Crippen molar-refractivity contribution in [1.29, 1.82) is 5.26 Å². The van der Waals surface area contributed by atoms with Crippen LogP contribution in [0, 0.1) is 11.3 Å². The average Bonchev–Trinajstić information content (AvgIpc) is 2.21. The molecule has 0 saturated heterocycles. The van der Waals surface area contributed by atoms with Gasteiger partial charge in [-0.3, -0.25) is 4.79 Å². The molecule has 0 spiro atoms. The second kappa shape index (κ2) is 5.63. The molecule has 0 saturated carbocycles. The van der Waals surface area contributed by atoms with Gasteiger partial charge in [-0.2, -0.15) is 18.4 Å². The van der Waals surface area contributed by atoms with Gasteiger partial charge in [0.25, 0.3) is 0 Å². The SMILES string of the molecule is N#Cc1ccc(CC(=O)O)c(SC(F)(F)F)c1Br. The van der Waals surface area contributed by atoms with Gasteiger partial charge >= 0.3 is 11.5 Å². The summed E-state index contributed by atoms with van der Waals surface area (Å²) in [7, 11) is 0. The summed E-state index contributed by atoms with van der Waals surface area (Å²) >= 11 is 2.46. The van der Waals surface area contributed by atoms with E-state index in [9.17, 15) is 18.0 Å². The standard InChI is InChI=1S/C10H5BrF3NO2S/c11-8-6(4-15)2-1-5(3-7(16)17)9(8)18-10(12,13)14/h1-2H,3H2,(H,16,17). The van der Waals surface area contributed by atoms with Crippen LogP contribution in [0.2, 0.25) is 0 Å². The Bertz CT molecular complexity index is 525. The van der Waals surface area contributed by atoms with E-state index in [4.69, 9.17) is 10.4 Å². The molecule has 1 aromatic carbocycles. The Balaban J connectivity index is 3.31. The Kier molecular flexibility index (Phi) is 4.65. The van der Waals surface area contributed by atoms with Crippen LogP contribution in [-0.2, 0) is 11.2 Å². The number of alkyl halides is 3. The van der Waals surface area contributed by atoms with E-state index in [0.29, 0.717) is 0 Å². The molecule has 0 unspecified atom stereocenters. The van der Waals surface area contributed by atoms with E-state index < -0.39 is 29.7 Å². The minimum Gasteiger partial charge on any atom is -0.481 e. The summed E-state index contributed by atoms with van der Waals surface area (Å²) in [5.74, 6) is -1.24. The third-order valence-corrected chi connectivity index (χ3v) is 3.85. The van der Waals surface area contributed by atoms with Crippen LogP contribution < -0.4 is 0 Å². The number of hydrogen-bond acceptors (Lipinski definition) is 3. The Hall–Kier alpha value is -1.20. The summed E-state index contributed by atoms with van der Waals surface area (Å²) in [4.78, 5) is 10.3. The van der Waals surface area contributed by atoms with Crippen LogP contribution in [0.5, 0.6) is 0 Å². The van der Waals surface area contributed by atoms with E-state index in [2.05, 4.69) is 15.9 Å². The van der Waals surface area contributed by atoms with Crippen molar-refractivity contribution in [1.82, 2.24) is 0 Å². The van der Waals surface area contributed by atoms with Crippen LogP contribution in [0.3, 0.4) is 0 Å². The highest BCUT2D eigenvalue weighted by Gasteiger charge is 2.32. The van der Waals surface area contributed by atoms with Crippen molar-refractivity contribution in [3.05, 3.63) is 27.7 Å². The number of hydrogen-bond donors (Lipinski definition) is 1. The molecule has 1 aromatic rings. The van der Waals surface area contributed by atoms with E-state index in [0.717, 1.165) is 0 Å². The van der Waals surface area contributed by atoms with Crippen molar-refractivity contribution in [2.45, 2.75) is 16.8 Å². The van der Waals surface area contributed by atoms with Gasteiger partial charge in [0, 0.05) is 9.37 Å². The molecule has 96 valence electrons. The van der Waals surface area contributed by atoms with Gasteiger partial charge in [0.15, 0.2) is 0 Å². The molecule has 0 aliphatic heterocycles. The molecule has 0 radical (unpaired) electrons. The molecular weight excluding hydrogens is 335 g/mol. The number of nitrogens with zero attached hydrogens (tertiary/aromatic N) is 1. The van der Waals surface area contributed by atoms with Gasteiger partial charge in [-0.25, -0.2) is 0 Å². The van der Waals surface area contributed by atoms with Crippen LogP contribution in [0.25, 0.3) is 0 Å². The number of thioether (sulfide) groups is 1. The fourth-order valence-electron chi connectivity index (χ4n) is 1.21. The third-order valence-electron chi connectivity index (χ3n) is 1.86. The maximum atomic E-state index is 12.4. The highest BCUT2D eigenvalue weighted by atomic mass is 79.9. The van der Waals surface area contributed by atoms with E-state index in [-0.39, 0.29) is 20.5 Å². The molecule has 8 heteroatoms. The number of carboxylic acids is 1. The lowest BCUT2D eigenvalue weighted by Crippen LogP contribution is -2.06. The van der Waals surface area contributed by atoms with Crippen molar-refractivity contribution in [2.24, 2.45) is 0 Å². The monoisotopic (exact) mass is 339 g/mol. The van der Waals surface area contributed by atoms with E-state index in [1.165, 1.54) is 12.1 Å². The first kappa shape index (κ1) is 14.9. The zero-order valence-electron chi connectivity index (χ0n) is 8.58. The largest absolute Gasteiger partial charge is 0.481 e. The van der Waals surface area contributed by atoms with Crippen LogP contribution in [0.15, 0.2) is 21.5 Å². The minimum atomic E-state index is -4.55. The quantitative estimate of drug-likeness (QED) is 0.855. The van der Waals surface area contributed by atoms with Crippen LogP contribution in [0.4, 0.5) is 13.2 Å². The Morgan fingerprint density at radius 3 is 2.56 bits per heavy atom. The van der Waals surface area contributed by atoms with Crippen LogP contribution in [0.1, 0.15) is 11.1 Å². The highest BCUT2D eigenvalue weighted by molar-refractivity contribution is 9.10. The lowest BCUT2D eigenvalue weighted by atomic mass is 10.1. The van der Waals surface area contributed by atoms with Gasteiger partial charge in [0.1, 0.15) is 6.07 Å². The zero-order chi connectivity index (χ0) is 13.9. The molecule has 0 amide bonds. The van der Waals surface area contributed by atoms with Gasteiger partial charge < -0.3 is 5.11 Å². The molecule has 0 bridgehead atoms. The summed E-state index contributed by atoms with van der Waals surface area (Å²) in [5, 5.41) is 17.4. The molecule has 0 aliphatic rings. The second-order valence-corrected chi connectivity index (χ2v) is 5.01. The number of nitriles is 1. The minimum absolute atomic E-state index is 0.00991. The highest BCUT2D eigenvalue weighted by Crippen LogP contribution is 2.43. The summed E-state index contributed by atoms with van der Waals surface area (Å²) in [6, 6.07) is 4.22. The summed E-state index contributed by atoms with van der Waals surface area (Å²) in [6.45, 7) is 0. The molecule has 1 rings (SSSR count). The van der Waals surface area contributed by atoms with E-state index >= 15 is 0 Å². The fourth-order valence-corrected chi connectivity index (χ4v) is 2.63. The van der Waals surface area contributed by atoms with Gasteiger partial charge in [0.2, 0.25) is 0 Å². The van der Waals surface area contributed by atoms with Crippen molar-refractivity contribution in [3.8, 4) is 6.07 Å². The van der Waals surface area contributed by atoms with Crippen molar-refractivity contribution in [2.75, 3.05) is 0 Å². The molecule has 3 nitrogen and oxygen atoms in total. The molecule has 0 aromatic heterocycles. The topological polar surface area (TPSA) is 61.1 Å². The number of carbonyl (C=O) groups is 1. The zero-order valence-corrected chi connectivity index (χ0v) is 11.0. The van der Waals surface area contributed by atoms with E-state index in [1.807, 2.05) is 0 Å². The fraction of sp³-hybridized carbons (Fsp3) is 0.200. The number of rotatable bonds is 3. The average molecular weight is 340 g/mol. The van der Waals surface area contributed by atoms with Crippen molar-refractivity contribution < 1.29 is 23.1 Å². The molecule has 0 atom stereocenters. The van der Waals surface area contributed by atoms with Crippen LogP contribution in [-0.4, -0.2) is 16.6 Å². The first-order chi connectivity index (χ1) is 8.24. The molecule has 0 fully saturated rings. The third kappa shape index (κ3) is 3.92. The Morgan fingerprint density at radius 1 is 1.50 bits per heavy atom. The Labute approximate surface area is 113 Å². The molecule has 1 N–H and O–H groups in total. The predicted molar refractivity (Wildman–Crippen MR) is 62.1 cm³/mol. The van der Waals surface area contributed by atoms with Crippen molar-refractivity contribution >= 4 is 33.7 Å². The van der Waals surface area contributed by atoms with Crippen molar-refractivity contribution in [3.63, 3.8) is 0 Å². The lowest BCUT2D eigenvalue weighted by Gasteiger charge is -2.12. The maximum Gasteiger partial charge on any atom is 0.446 e. The second-order valence-electron chi connectivity index (χ2n) is 3.15. The number of carboxylic acid groups (broad SMARTS) is 1. The maximum absolute atomic E-state index is 12.4.